The summed E-state index contributed by atoms with van der Waals surface area (Å²) in [5.41, 5.74) is 3.59. The van der Waals surface area contributed by atoms with E-state index in [9.17, 15) is 9.90 Å². The van der Waals surface area contributed by atoms with Crippen molar-refractivity contribution in [3.63, 3.8) is 0 Å². The first-order chi connectivity index (χ1) is 18.7. The molecular weight excluding hydrogens is 482 g/mol. The summed E-state index contributed by atoms with van der Waals surface area (Å²) in [5.74, 6) is 6.63. The van der Waals surface area contributed by atoms with Crippen molar-refractivity contribution in [2.75, 3.05) is 32.7 Å². The van der Waals surface area contributed by atoms with Crippen LogP contribution in [0, 0.1) is 18.8 Å². The number of rotatable bonds is 15. The molecular formula is C34H55N3O2. The Labute approximate surface area is 239 Å². The van der Waals surface area contributed by atoms with Gasteiger partial charge in [0.2, 0.25) is 5.91 Å². The molecule has 5 nitrogen and oxygen atoms in total. The predicted octanol–water partition coefficient (Wildman–Crippen LogP) is 6.17. The van der Waals surface area contributed by atoms with Crippen molar-refractivity contribution in [1.82, 2.24) is 15.1 Å². The normalized spacial score (nSPS) is 15.8. The van der Waals surface area contributed by atoms with Gasteiger partial charge < -0.3 is 20.2 Å². The van der Waals surface area contributed by atoms with E-state index in [0.29, 0.717) is 19.4 Å². The van der Waals surface area contributed by atoms with E-state index in [1.807, 2.05) is 0 Å². The lowest BCUT2D eigenvalue weighted by Crippen LogP contribution is -2.48. The first kappa shape index (κ1) is 32.9. The van der Waals surface area contributed by atoms with Crippen LogP contribution < -0.4 is 5.32 Å². The third kappa shape index (κ3) is 7.89. The number of hydrogen-bond donors (Lipinski definition) is 2. The van der Waals surface area contributed by atoms with Crippen molar-refractivity contribution in [1.29, 1.82) is 0 Å². The monoisotopic (exact) mass is 537 g/mol. The summed E-state index contributed by atoms with van der Waals surface area (Å²) in [5, 5.41) is 14.2. The average Bonchev–Trinajstić information content (AvgIpc) is 3.36. The molecule has 1 aromatic carbocycles. The number of allylic oxidation sites excluding steroid dienone is 1. The number of aliphatic hydroxyl groups is 1. The molecule has 1 unspecified atom stereocenters. The zero-order chi connectivity index (χ0) is 29.1. The Hall–Kier alpha value is -2.29. The summed E-state index contributed by atoms with van der Waals surface area (Å²) in [6.07, 6.45) is 8.20. The lowest BCUT2D eigenvalue weighted by molar-refractivity contribution is -0.125. The zero-order valence-corrected chi connectivity index (χ0v) is 26.1. The second kappa shape index (κ2) is 15.5. The smallest absolute Gasteiger partial charge is 0.243 e. The molecule has 2 N–H and O–H groups in total. The number of nitrogens with zero attached hydrogens (tertiary/aromatic N) is 2. The standard InChI is InChI=1S/C34H55N3O2/c1-9-21-33(39,22-10-2)23-20-28-16-17-29(26-27(28)8)34(11-3,12-4)31-19-18-30(37(31)15-7)32(38)35-24-25-36(13-5)14-6/h16-17,19,26,30,39H,9-15,18,21-22,24-25H2,1-8H3,(H,35,38). The third-order valence-corrected chi connectivity index (χ3v) is 8.72. The van der Waals surface area contributed by atoms with Crippen LogP contribution in [0.2, 0.25) is 0 Å². The Morgan fingerprint density at radius 1 is 1.08 bits per heavy atom. The molecule has 0 bridgehead atoms. The van der Waals surface area contributed by atoms with Gasteiger partial charge in [0.25, 0.3) is 0 Å². The molecule has 1 amide bonds. The number of carbonyl (C=O) groups excluding carboxylic acids is 1. The predicted molar refractivity (Wildman–Crippen MR) is 165 cm³/mol. The minimum atomic E-state index is -0.914. The number of likely N-dealkylation sites (N-methyl/N-ethyl adjacent to an activating group) is 2. The van der Waals surface area contributed by atoms with Crippen molar-refractivity contribution >= 4 is 5.91 Å². The van der Waals surface area contributed by atoms with Crippen LogP contribution in [0.4, 0.5) is 0 Å². The van der Waals surface area contributed by atoms with E-state index < -0.39 is 5.60 Å². The molecule has 0 saturated heterocycles. The fourth-order valence-corrected chi connectivity index (χ4v) is 6.27. The highest BCUT2D eigenvalue weighted by molar-refractivity contribution is 5.83. The summed E-state index contributed by atoms with van der Waals surface area (Å²) in [7, 11) is 0. The number of carbonyl (C=O) groups is 1. The molecule has 0 fully saturated rings. The van der Waals surface area contributed by atoms with Gasteiger partial charge in [-0.2, -0.15) is 0 Å². The van der Waals surface area contributed by atoms with Crippen LogP contribution in [0.15, 0.2) is 30.0 Å². The number of amides is 1. The van der Waals surface area contributed by atoms with E-state index in [0.717, 1.165) is 69.4 Å². The summed E-state index contributed by atoms with van der Waals surface area (Å²) in [6, 6.07) is 6.47. The molecule has 0 aromatic heterocycles. The number of benzene rings is 1. The van der Waals surface area contributed by atoms with E-state index in [2.05, 4.69) is 107 Å². The van der Waals surface area contributed by atoms with Crippen LogP contribution in [-0.2, 0) is 10.2 Å². The van der Waals surface area contributed by atoms with Crippen LogP contribution in [0.5, 0.6) is 0 Å². The van der Waals surface area contributed by atoms with Gasteiger partial charge in [0.05, 0.1) is 0 Å². The maximum absolute atomic E-state index is 13.3. The second-order valence-electron chi connectivity index (χ2n) is 11.0. The summed E-state index contributed by atoms with van der Waals surface area (Å²) < 4.78 is 0. The molecule has 39 heavy (non-hydrogen) atoms. The maximum Gasteiger partial charge on any atom is 0.243 e. The highest BCUT2D eigenvalue weighted by Gasteiger charge is 2.42. The van der Waals surface area contributed by atoms with E-state index >= 15 is 0 Å². The average molecular weight is 538 g/mol. The van der Waals surface area contributed by atoms with Crippen molar-refractivity contribution in [2.45, 2.75) is 117 Å². The SMILES string of the molecule is CCCC(O)(C#Cc1ccc(C(CC)(CC)C2=CCC(C(=O)NCCN(CC)CC)N2CC)cc1C)CCC. The quantitative estimate of drug-likeness (QED) is 0.263. The molecule has 2 rings (SSSR count). The van der Waals surface area contributed by atoms with E-state index in [4.69, 9.17) is 0 Å². The van der Waals surface area contributed by atoms with Crippen molar-refractivity contribution in [3.05, 3.63) is 46.7 Å². The van der Waals surface area contributed by atoms with Gasteiger partial charge in [-0.1, -0.05) is 84.4 Å². The minimum Gasteiger partial charge on any atom is -0.378 e. The summed E-state index contributed by atoms with van der Waals surface area (Å²) in [6.45, 7) is 21.7. The molecule has 1 aromatic rings. The lowest BCUT2D eigenvalue weighted by atomic mass is 9.72. The molecule has 0 aliphatic carbocycles. The first-order valence-electron chi connectivity index (χ1n) is 15.5. The molecule has 1 aliphatic rings. The van der Waals surface area contributed by atoms with Crippen LogP contribution in [0.1, 0.15) is 110 Å². The van der Waals surface area contributed by atoms with Crippen molar-refractivity contribution in [3.8, 4) is 11.8 Å². The Morgan fingerprint density at radius 2 is 1.72 bits per heavy atom. The molecule has 0 radical (unpaired) electrons. The van der Waals surface area contributed by atoms with Crippen LogP contribution >= 0.6 is 0 Å². The lowest BCUT2D eigenvalue weighted by Gasteiger charge is -2.41. The Kier molecular flexibility index (Phi) is 13.1. The highest BCUT2D eigenvalue weighted by Crippen LogP contribution is 2.44. The van der Waals surface area contributed by atoms with E-state index in [1.165, 1.54) is 11.3 Å². The molecule has 0 spiro atoms. The van der Waals surface area contributed by atoms with E-state index in [-0.39, 0.29) is 17.4 Å². The van der Waals surface area contributed by atoms with Gasteiger partial charge in [-0.05, 0) is 76.2 Å². The largest absolute Gasteiger partial charge is 0.378 e. The fourth-order valence-electron chi connectivity index (χ4n) is 6.27. The molecule has 218 valence electrons. The van der Waals surface area contributed by atoms with Gasteiger partial charge in [-0.15, -0.1) is 0 Å². The Morgan fingerprint density at radius 3 is 2.23 bits per heavy atom. The molecule has 0 saturated carbocycles. The van der Waals surface area contributed by atoms with Gasteiger partial charge in [-0.25, -0.2) is 0 Å². The molecule has 1 atom stereocenters. The first-order valence-corrected chi connectivity index (χ1v) is 15.5. The summed E-state index contributed by atoms with van der Waals surface area (Å²) in [4.78, 5) is 17.9. The van der Waals surface area contributed by atoms with Gasteiger partial charge in [0.15, 0.2) is 0 Å². The highest BCUT2D eigenvalue weighted by atomic mass is 16.3. The number of nitrogens with one attached hydrogen (secondary N) is 1. The Bertz CT molecular complexity index is 1010. The van der Waals surface area contributed by atoms with Gasteiger partial charge >= 0.3 is 0 Å². The minimum absolute atomic E-state index is 0.129. The number of hydrogen-bond acceptors (Lipinski definition) is 4. The molecule has 1 heterocycles. The van der Waals surface area contributed by atoms with Gasteiger partial charge in [-0.3, -0.25) is 4.79 Å². The number of aryl methyl sites for hydroxylation is 1. The summed E-state index contributed by atoms with van der Waals surface area (Å²) >= 11 is 0. The van der Waals surface area contributed by atoms with Gasteiger partial charge in [0.1, 0.15) is 11.6 Å². The van der Waals surface area contributed by atoms with Crippen molar-refractivity contribution in [2.24, 2.45) is 0 Å². The molecule has 5 heteroatoms. The van der Waals surface area contributed by atoms with Crippen LogP contribution in [-0.4, -0.2) is 65.2 Å². The Balaban J connectivity index is 2.31. The maximum atomic E-state index is 13.3. The van der Waals surface area contributed by atoms with Gasteiger partial charge in [0, 0.05) is 36.3 Å². The topological polar surface area (TPSA) is 55.8 Å². The van der Waals surface area contributed by atoms with Crippen molar-refractivity contribution < 1.29 is 9.90 Å². The fraction of sp³-hybridized carbons (Fsp3) is 0.676. The van der Waals surface area contributed by atoms with E-state index in [1.54, 1.807) is 0 Å². The second-order valence-corrected chi connectivity index (χ2v) is 11.0. The zero-order valence-electron chi connectivity index (χ0n) is 26.1. The van der Waals surface area contributed by atoms with Crippen LogP contribution in [0.25, 0.3) is 0 Å². The molecule has 1 aliphatic heterocycles. The third-order valence-electron chi connectivity index (χ3n) is 8.72. The van der Waals surface area contributed by atoms with Crippen LogP contribution in [0.3, 0.4) is 0 Å².